The summed E-state index contributed by atoms with van der Waals surface area (Å²) in [6.07, 6.45) is 2.89. The summed E-state index contributed by atoms with van der Waals surface area (Å²) in [4.78, 5) is 29.4. The van der Waals surface area contributed by atoms with E-state index in [4.69, 9.17) is 27.5 Å². The number of anilines is 1. The van der Waals surface area contributed by atoms with Crippen molar-refractivity contribution in [3.63, 3.8) is 0 Å². The van der Waals surface area contributed by atoms with Crippen LogP contribution in [0.2, 0.25) is 5.28 Å². The Morgan fingerprint density at radius 1 is 1.31 bits per heavy atom. The molecule has 4 rings (SSSR count). The van der Waals surface area contributed by atoms with Crippen LogP contribution in [0.5, 0.6) is 0 Å². The largest absolute Gasteiger partial charge is 0.479 e. The molecule has 4 aromatic rings. The molecule has 0 bridgehead atoms. The maximum atomic E-state index is 12.7. The Balaban J connectivity index is 1.64. The van der Waals surface area contributed by atoms with Crippen LogP contribution in [0.1, 0.15) is 17.5 Å². The zero-order chi connectivity index (χ0) is 28.0. The van der Waals surface area contributed by atoms with Crippen molar-refractivity contribution in [3.05, 3.63) is 64.1 Å². The molecule has 0 aliphatic carbocycles. The van der Waals surface area contributed by atoms with Crippen LogP contribution in [0.3, 0.4) is 0 Å². The predicted octanol–water partition coefficient (Wildman–Crippen LogP) is 2.09. The quantitative estimate of drug-likeness (QED) is 0.137. The summed E-state index contributed by atoms with van der Waals surface area (Å²) < 4.78 is 13.3. The summed E-state index contributed by atoms with van der Waals surface area (Å²) in [5, 5.41) is 35.5. The minimum absolute atomic E-state index is 0.0319. The number of carboxylic acid groups (broad SMARTS) is 1. The van der Waals surface area contributed by atoms with Crippen LogP contribution < -0.4 is 5.32 Å². The topological polar surface area (TPSA) is 165 Å². The Labute approximate surface area is 232 Å². The number of imidazole rings is 1. The van der Waals surface area contributed by atoms with Gasteiger partial charge in [0.2, 0.25) is 10.9 Å². The fourth-order valence-electron chi connectivity index (χ4n) is 3.95. The number of thiazole rings is 1. The molecule has 0 amide bonds. The van der Waals surface area contributed by atoms with Crippen molar-refractivity contribution >= 4 is 45.9 Å². The van der Waals surface area contributed by atoms with Gasteiger partial charge in [-0.2, -0.15) is 9.97 Å². The summed E-state index contributed by atoms with van der Waals surface area (Å²) in [7, 11) is 1.63. The molecule has 0 spiro atoms. The predicted molar refractivity (Wildman–Crippen MR) is 143 cm³/mol. The third-order valence-electron chi connectivity index (χ3n) is 5.88. The van der Waals surface area contributed by atoms with E-state index in [-0.39, 0.29) is 29.7 Å². The van der Waals surface area contributed by atoms with Gasteiger partial charge in [-0.25, -0.2) is 14.8 Å². The highest BCUT2D eigenvalue weighted by atomic mass is 35.5. The van der Waals surface area contributed by atoms with Crippen molar-refractivity contribution in [1.82, 2.24) is 24.5 Å². The minimum Gasteiger partial charge on any atom is -0.479 e. The van der Waals surface area contributed by atoms with Gasteiger partial charge in [-0.15, -0.1) is 17.8 Å². The number of nitrogens with one attached hydrogen (secondary N) is 1. The number of hydrogen-bond acceptors (Lipinski definition) is 11. The number of carboxylic acids is 1. The van der Waals surface area contributed by atoms with Gasteiger partial charge in [0.25, 0.3) is 0 Å². The van der Waals surface area contributed by atoms with Crippen LogP contribution in [0.25, 0.3) is 11.2 Å². The molecule has 0 radical (unpaired) electrons. The number of aromatic nitrogens is 5. The lowest BCUT2D eigenvalue weighted by atomic mass is 9.91. The standard InChI is InChI=1S/C25H25ClN6O6S/c1-3-17(34)22(32-13-28-19-20(27-2)30-24(26)31-21(19)32)38-16(10-33)11-37-25(23(35)36,18-12-39-14-29-18)9-15-7-5-4-6-8-15/h1,4-8,12-14,16-17,22,33-34H,9-11H2,2H3,(H,35,36)(H,27,30,31)/t16-,17+,22+,25+/m0/s1. The second-order valence-corrected chi connectivity index (χ2v) is 9.39. The number of nitrogens with zero attached hydrogens (tertiary/aromatic N) is 5. The highest BCUT2D eigenvalue weighted by Crippen LogP contribution is 2.32. The smallest absolute Gasteiger partial charge is 0.342 e. The molecular weight excluding hydrogens is 548 g/mol. The van der Waals surface area contributed by atoms with Crippen molar-refractivity contribution in [2.45, 2.75) is 30.5 Å². The molecule has 39 heavy (non-hydrogen) atoms. The van der Waals surface area contributed by atoms with Crippen molar-refractivity contribution in [3.8, 4) is 12.3 Å². The molecule has 3 aromatic heterocycles. The van der Waals surface area contributed by atoms with E-state index >= 15 is 0 Å². The van der Waals surface area contributed by atoms with Crippen LogP contribution in [-0.4, -0.2) is 78.3 Å². The van der Waals surface area contributed by atoms with E-state index in [9.17, 15) is 20.1 Å². The molecular formula is C25H25ClN6O6S. The van der Waals surface area contributed by atoms with Gasteiger partial charge in [-0.1, -0.05) is 36.3 Å². The third kappa shape index (κ3) is 6.01. The van der Waals surface area contributed by atoms with E-state index in [1.807, 2.05) is 6.07 Å². The van der Waals surface area contributed by atoms with Crippen molar-refractivity contribution < 1.29 is 29.6 Å². The number of halogens is 1. The highest BCUT2D eigenvalue weighted by molar-refractivity contribution is 7.07. The van der Waals surface area contributed by atoms with Crippen LogP contribution in [0.15, 0.2) is 47.5 Å². The number of benzene rings is 1. The van der Waals surface area contributed by atoms with Gasteiger partial charge in [0.1, 0.15) is 6.10 Å². The van der Waals surface area contributed by atoms with E-state index in [1.54, 1.807) is 36.7 Å². The van der Waals surface area contributed by atoms with Gasteiger partial charge in [0.15, 0.2) is 29.3 Å². The van der Waals surface area contributed by atoms with E-state index in [1.165, 1.54) is 27.7 Å². The lowest BCUT2D eigenvalue weighted by Crippen LogP contribution is -2.44. The van der Waals surface area contributed by atoms with E-state index in [0.717, 1.165) is 0 Å². The fourth-order valence-corrected chi connectivity index (χ4v) is 4.73. The maximum absolute atomic E-state index is 12.7. The first-order valence-corrected chi connectivity index (χ1v) is 12.9. The van der Waals surface area contributed by atoms with Crippen LogP contribution in [-0.2, 0) is 26.3 Å². The molecule has 3 heterocycles. The Hall–Kier alpha value is -3.64. The number of ether oxygens (including phenoxy) is 2. The lowest BCUT2D eigenvalue weighted by Gasteiger charge is -2.32. The molecule has 12 nitrogen and oxygen atoms in total. The summed E-state index contributed by atoms with van der Waals surface area (Å²) in [5.41, 5.74) is 1.10. The van der Waals surface area contributed by atoms with Crippen molar-refractivity contribution in [2.24, 2.45) is 0 Å². The first kappa shape index (κ1) is 28.4. The number of terminal acetylenes is 1. The molecule has 204 valence electrons. The first-order valence-electron chi connectivity index (χ1n) is 11.6. The number of hydrogen-bond donors (Lipinski definition) is 4. The highest BCUT2D eigenvalue weighted by Gasteiger charge is 2.44. The second-order valence-electron chi connectivity index (χ2n) is 8.34. The van der Waals surface area contributed by atoms with E-state index < -0.39 is 36.6 Å². The van der Waals surface area contributed by atoms with Crippen LogP contribution >= 0.6 is 22.9 Å². The molecule has 4 atom stereocenters. The molecule has 0 fully saturated rings. The molecule has 0 aliphatic heterocycles. The Morgan fingerprint density at radius 2 is 2.08 bits per heavy atom. The van der Waals surface area contributed by atoms with Crippen LogP contribution in [0, 0.1) is 12.3 Å². The number of fused-ring (bicyclic) bond motifs is 1. The molecule has 0 aliphatic rings. The summed E-state index contributed by atoms with van der Waals surface area (Å²) in [6.45, 7) is -0.971. The molecule has 0 saturated carbocycles. The van der Waals surface area contributed by atoms with Gasteiger partial charge < -0.3 is 30.1 Å². The van der Waals surface area contributed by atoms with Crippen LogP contribution in [0.4, 0.5) is 5.82 Å². The number of aliphatic hydroxyl groups is 2. The SMILES string of the molecule is C#C[C@@H](O)[C@@H](O[C@@H](CO)CO[C@@](Cc1ccccc1)(C(=O)O)c1cscn1)n1cnc2c(NC)nc(Cl)nc21. The summed E-state index contributed by atoms with van der Waals surface area (Å²) >= 11 is 7.29. The lowest BCUT2D eigenvalue weighted by molar-refractivity contribution is -0.185. The van der Waals surface area contributed by atoms with E-state index in [2.05, 4.69) is 31.2 Å². The van der Waals surface area contributed by atoms with Crippen molar-refractivity contribution in [1.29, 1.82) is 0 Å². The minimum atomic E-state index is -1.87. The number of carbonyl (C=O) groups is 1. The Bertz CT molecular complexity index is 1450. The monoisotopic (exact) mass is 572 g/mol. The molecule has 0 saturated heterocycles. The number of aliphatic hydroxyl groups excluding tert-OH is 2. The van der Waals surface area contributed by atoms with Gasteiger partial charge in [-0.05, 0) is 17.2 Å². The average molecular weight is 573 g/mol. The Kier molecular flexibility index (Phi) is 9.08. The van der Waals surface area contributed by atoms with Gasteiger partial charge >= 0.3 is 5.97 Å². The van der Waals surface area contributed by atoms with Gasteiger partial charge in [-0.3, -0.25) is 4.57 Å². The third-order valence-corrected chi connectivity index (χ3v) is 6.64. The summed E-state index contributed by atoms with van der Waals surface area (Å²) in [6, 6.07) is 8.96. The maximum Gasteiger partial charge on any atom is 0.342 e. The fraction of sp³-hybridized carbons (Fsp3) is 0.320. The normalized spacial score (nSPS) is 15.3. The summed E-state index contributed by atoms with van der Waals surface area (Å²) in [5.74, 6) is 1.28. The zero-order valence-corrected chi connectivity index (χ0v) is 22.2. The second kappa shape index (κ2) is 12.5. The first-order chi connectivity index (χ1) is 18.8. The molecule has 14 heteroatoms. The number of rotatable bonds is 13. The molecule has 4 N–H and O–H groups in total. The molecule has 1 aromatic carbocycles. The van der Waals surface area contributed by atoms with E-state index in [0.29, 0.717) is 16.9 Å². The van der Waals surface area contributed by atoms with Crippen molar-refractivity contribution in [2.75, 3.05) is 25.6 Å². The van der Waals surface area contributed by atoms with Gasteiger partial charge in [0.05, 0.1) is 30.7 Å². The molecule has 0 unspecified atom stereocenters. The zero-order valence-electron chi connectivity index (χ0n) is 20.6. The average Bonchev–Trinajstić information content (AvgIpc) is 3.63. The number of aliphatic carboxylic acids is 1. The Morgan fingerprint density at radius 3 is 2.69 bits per heavy atom. The van der Waals surface area contributed by atoms with Gasteiger partial charge in [0, 0.05) is 18.8 Å².